The van der Waals surface area contributed by atoms with Crippen LogP contribution in [0.5, 0.6) is 5.88 Å². The van der Waals surface area contributed by atoms with Crippen LogP contribution in [0.15, 0.2) is 42.6 Å². The van der Waals surface area contributed by atoms with Gasteiger partial charge in [-0.3, -0.25) is 9.67 Å². The zero-order valence-corrected chi connectivity index (χ0v) is 14.4. The van der Waals surface area contributed by atoms with Crippen LogP contribution in [0.2, 0.25) is 5.02 Å². The van der Waals surface area contributed by atoms with Crippen LogP contribution in [0.25, 0.3) is 21.9 Å². The molecule has 130 valence electrons. The molecule has 8 heteroatoms. The number of hydrogen-bond acceptors (Lipinski definition) is 5. The fourth-order valence-electron chi connectivity index (χ4n) is 2.84. The first-order chi connectivity index (χ1) is 12.5. The van der Waals surface area contributed by atoms with Gasteiger partial charge in [-0.05, 0) is 29.8 Å². The number of carbonyl (C=O) groups is 1. The number of nitrogens with zero attached hydrogens (tertiary/aromatic N) is 4. The Morgan fingerprint density at radius 2 is 2.12 bits per heavy atom. The summed E-state index contributed by atoms with van der Waals surface area (Å²) in [7, 11) is 1.48. The molecule has 7 nitrogen and oxygen atoms in total. The minimum Gasteiger partial charge on any atom is -0.481 e. The average Bonchev–Trinajstić information content (AvgIpc) is 2.99. The van der Waals surface area contributed by atoms with Crippen LogP contribution in [-0.2, 0) is 6.54 Å². The number of benzene rings is 1. The molecule has 0 saturated carbocycles. The maximum Gasteiger partial charge on any atom is 0.358 e. The highest BCUT2D eigenvalue weighted by Crippen LogP contribution is 2.23. The Balaban J connectivity index is 1.80. The van der Waals surface area contributed by atoms with Crippen molar-refractivity contribution in [2.75, 3.05) is 7.11 Å². The van der Waals surface area contributed by atoms with Crippen LogP contribution < -0.4 is 4.74 Å². The molecule has 1 N–H and O–H groups in total. The summed E-state index contributed by atoms with van der Waals surface area (Å²) < 4.78 is 6.70. The number of fused-ring (bicyclic) bond motifs is 2. The smallest absolute Gasteiger partial charge is 0.358 e. The van der Waals surface area contributed by atoms with Crippen molar-refractivity contribution in [3.63, 3.8) is 0 Å². The molecule has 4 aromatic rings. The van der Waals surface area contributed by atoms with Crippen LogP contribution in [0, 0.1) is 0 Å². The van der Waals surface area contributed by atoms with Gasteiger partial charge in [0.2, 0.25) is 5.88 Å². The monoisotopic (exact) mass is 368 g/mol. The predicted molar refractivity (Wildman–Crippen MR) is 96.9 cm³/mol. The van der Waals surface area contributed by atoms with E-state index in [0.29, 0.717) is 28.5 Å². The second-order valence-electron chi connectivity index (χ2n) is 5.71. The maximum atomic E-state index is 11.5. The Labute approximate surface area is 152 Å². The zero-order chi connectivity index (χ0) is 18.3. The molecular formula is C18H13ClN4O3. The SMILES string of the molecule is COc1ccc2c(n1)c(C(=O)O)nn2Cc1ccc2ncc(Cl)cc2c1. The number of rotatable bonds is 4. The zero-order valence-electron chi connectivity index (χ0n) is 13.7. The van der Waals surface area contributed by atoms with Crippen LogP contribution >= 0.6 is 11.6 Å². The molecule has 0 saturated heterocycles. The molecule has 0 aliphatic rings. The van der Waals surface area contributed by atoms with Gasteiger partial charge in [-0.2, -0.15) is 5.10 Å². The second kappa shape index (κ2) is 6.27. The number of carboxylic acid groups (broad SMARTS) is 1. The lowest BCUT2D eigenvalue weighted by Crippen LogP contribution is -2.04. The van der Waals surface area contributed by atoms with Gasteiger partial charge < -0.3 is 9.84 Å². The summed E-state index contributed by atoms with van der Waals surface area (Å²) in [6, 6.07) is 11.0. The van der Waals surface area contributed by atoms with Gasteiger partial charge in [-0.25, -0.2) is 9.78 Å². The van der Waals surface area contributed by atoms with Crippen molar-refractivity contribution in [3.8, 4) is 5.88 Å². The molecular weight excluding hydrogens is 356 g/mol. The van der Waals surface area contributed by atoms with Crippen molar-refractivity contribution in [2.45, 2.75) is 6.54 Å². The van der Waals surface area contributed by atoms with Crippen LogP contribution in [0.1, 0.15) is 16.1 Å². The minimum atomic E-state index is -1.14. The molecule has 1 aromatic carbocycles. The standard InChI is InChI=1S/C18H13ClN4O3/c1-26-15-5-4-14-16(21-15)17(18(24)25)22-23(14)9-10-2-3-13-11(6-10)7-12(19)8-20-13/h2-8H,9H2,1H3,(H,24,25). The lowest BCUT2D eigenvalue weighted by Gasteiger charge is -2.06. The minimum absolute atomic E-state index is 0.107. The Kier molecular flexibility index (Phi) is 3.93. The fraction of sp³-hybridized carbons (Fsp3) is 0.111. The fourth-order valence-corrected chi connectivity index (χ4v) is 3.01. The number of pyridine rings is 2. The van der Waals surface area contributed by atoms with Crippen molar-refractivity contribution < 1.29 is 14.6 Å². The Morgan fingerprint density at radius 1 is 1.27 bits per heavy atom. The molecule has 3 heterocycles. The van der Waals surface area contributed by atoms with Crippen LogP contribution in [-0.4, -0.2) is 37.9 Å². The third-order valence-corrected chi connectivity index (χ3v) is 4.23. The molecule has 0 unspecified atom stereocenters. The molecule has 4 rings (SSSR count). The van der Waals surface area contributed by atoms with E-state index < -0.39 is 5.97 Å². The molecule has 0 aliphatic carbocycles. The van der Waals surface area contributed by atoms with Crippen molar-refractivity contribution in [1.29, 1.82) is 0 Å². The van der Waals surface area contributed by atoms with Crippen molar-refractivity contribution in [2.24, 2.45) is 0 Å². The first-order valence-corrected chi connectivity index (χ1v) is 8.12. The van der Waals surface area contributed by atoms with E-state index in [2.05, 4.69) is 15.1 Å². The van der Waals surface area contributed by atoms with Crippen molar-refractivity contribution in [1.82, 2.24) is 19.7 Å². The Hall–Kier alpha value is -3.19. The number of aromatic carboxylic acids is 1. The summed E-state index contributed by atoms with van der Waals surface area (Å²) in [4.78, 5) is 20.0. The van der Waals surface area contributed by atoms with Crippen LogP contribution in [0.4, 0.5) is 0 Å². The third kappa shape index (κ3) is 2.82. The van der Waals surface area contributed by atoms with E-state index in [-0.39, 0.29) is 5.69 Å². The molecule has 0 spiro atoms. The molecule has 3 aromatic heterocycles. The molecule has 0 radical (unpaired) electrons. The van der Waals surface area contributed by atoms with Crippen molar-refractivity contribution >= 4 is 39.5 Å². The van der Waals surface area contributed by atoms with E-state index in [4.69, 9.17) is 16.3 Å². The highest BCUT2D eigenvalue weighted by Gasteiger charge is 2.18. The number of aromatic nitrogens is 4. The van der Waals surface area contributed by atoms with Gasteiger partial charge in [0.05, 0.1) is 29.7 Å². The number of ether oxygens (including phenoxy) is 1. The Morgan fingerprint density at radius 3 is 2.88 bits per heavy atom. The molecule has 0 amide bonds. The topological polar surface area (TPSA) is 90.1 Å². The quantitative estimate of drug-likeness (QED) is 0.593. The molecule has 26 heavy (non-hydrogen) atoms. The van der Waals surface area contributed by atoms with Crippen molar-refractivity contribution in [3.05, 3.63) is 58.9 Å². The Bertz CT molecular complexity index is 1160. The molecule has 0 fully saturated rings. The highest BCUT2D eigenvalue weighted by atomic mass is 35.5. The first kappa shape index (κ1) is 16.3. The number of hydrogen-bond donors (Lipinski definition) is 1. The summed E-state index contributed by atoms with van der Waals surface area (Å²) in [6.07, 6.45) is 1.60. The van der Waals surface area contributed by atoms with E-state index in [0.717, 1.165) is 16.5 Å². The van der Waals surface area contributed by atoms with Gasteiger partial charge in [0.15, 0.2) is 5.69 Å². The lowest BCUT2D eigenvalue weighted by molar-refractivity contribution is 0.0691. The molecule has 0 atom stereocenters. The van der Waals surface area contributed by atoms with Gasteiger partial charge in [-0.15, -0.1) is 0 Å². The average molecular weight is 369 g/mol. The normalized spacial score (nSPS) is 11.2. The van der Waals surface area contributed by atoms with E-state index >= 15 is 0 Å². The largest absolute Gasteiger partial charge is 0.481 e. The lowest BCUT2D eigenvalue weighted by atomic mass is 10.1. The predicted octanol–water partition coefficient (Wildman–Crippen LogP) is 3.39. The maximum absolute atomic E-state index is 11.5. The molecule has 0 bridgehead atoms. The summed E-state index contributed by atoms with van der Waals surface area (Å²) in [6.45, 7) is 0.389. The van der Waals surface area contributed by atoms with Gasteiger partial charge in [-0.1, -0.05) is 17.7 Å². The number of methoxy groups -OCH3 is 1. The summed E-state index contributed by atoms with van der Waals surface area (Å²) >= 11 is 6.01. The summed E-state index contributed by atoms with van der Waals surface area (Å²) in [5, 5.41) is 15.1. The molecule has 0 aliphatic heterocycles. The number of carboxylic acids is 1. The second-order valence-corrected chi connectivity index (χ2v) is 6.15. The van der Waals surface area contributed by atoms with Gasteiger partial charge >= 0.3 is 5.97 Å². The van der Waals surface area contributed by atoms with E-state index in [1.165, 1.54) is 7.11 Å². The van der Waals surface area contributed by atoms with Gasteiger partial charge in [0, 0.05) is 17.6 Å². The van der Waals surface area contributed by atoms with Crippen LogP contribution in [0.3, 0.4) is 0 Å². The van der Waals surface area contributed by atoms with Gasteiger partial charge in [0.1, 0.15) is 5.52 Å². The number of halogens is 1. The summed E-state index contributed by atoms with van der Waals surface area (Å²) in [5.41, 5.74) is 2.58. The highest BCUT2D eigenvalue weighted by molar-refractivity contribution is 6.31. The van der Waals surface area contributed by atoms with E-state index in [9.17, 15) is 9.90 Å². The third-order valence-electron chi connectivity index (χ3n) is 4.03. The van der Waals surface area contributed by atoms with Gasteiger partial charge in [0.25, 0.3) is 0 Å². The summed E-state index contributed by atoms with van der Waals surface area (Å²) in [5.74, 6) is -0.796. The van der Waals surface area contributed by atoms with E-state index in [1.54, 1.807) is 23.0 Å². The van der Waals surface area contributed by atoms with E-state index in [1.807, 2.05) is 24.3 Å². The first-order valence-electron chi connectivity index (χ1n) is 7.74.